The highest BCUT2D eigenvalue weighted by molar-refractivity contribution is 7.89. The van der Waals surface area contributed by atoms with Crippen molar-refractivity contribution in [3.8, 4) is 0 Å². The van der Waals surface area contributed by atoms with Gasteiger partial charge in [-0.05, 0) is 49.4 Å². The molecule has 0 spiro atoms. The zero-order valence-electron chi connectivity index (χ0n) is 14.1. The summed E-state index contributed by atoms with van der Waals surface area (Å²) in [6.45, 7) is 7.13. The van der Waals surface area contributed by atoms with Crippen molar-refractivity contribution < 1.29 is 13.2 Å². The van der Waals surface area contributed by atoms with E-state index < -0.39 is 10.0 Å². The van der Waals surface area contributed by atoms with E-state index in [1.165, 1.54) is 0 Å². The fourth-order valence-electron chi connectivity index (χ4n) is 2.54. The first kappa shape index (κ1) is 17.9. The lowest BCUT2D eigenvalue weighted by Crippen LogP contribution is -2.37. The number of anilines is 1. The van der Waals surface area contributed by atoms with Crippen LogP contribution >= 0.6 is 0 Å². The Balaban J connectivity index is 2.08. The Morgan fingerprint density at radius 3 is 2.35 bits per heavy atom. The van der Waals surface area contributed by atoms with Gasteiger partial charge in [0.25, 0.3) is 0 Å². The fraction of sp³-hybridized carbons (Fsp3) is 0.588. The molecule has 1 aliphatic heterocycles. The van der Waals surface area contributed by atoms with Gasteiger partial charge in [0.05, 0.1) is 4.90 Å². The first-order chi connectivity index (χ1) is 10.8. The Morgan fingerprint density at radius 2 is 1.83 bits per heavy atom. The van der Waals surface area contributed by atoms with Gasteiger partial charge in [0.2, 0.25) is 15.9 Å². The van der Waals surface area contributed by atoms with Gasteiger partial charge in [0.15, 0.2) is 0 Å². The molecular formula is C17H26N2O3S. The Labute approximate surface area is 139 Å². The van der Waals surface area contributed by atoms with Crippen LogP contribution in [0.15, 0.2) is 29.2 Å². The molecule has 23 heavy (non-hydrogen) atoms. The molecule has 1 fully saturated rings. The molecule has 128 valence electrons. The predicted molar refractivity (Wildman–Crippen MR) is 91.7 cm³/mol. The maximum Gasteiger partial charge on any atom is 0.243 e. The zero-order chi connectivity index (χ0) is 17.0. The van der Waals surface area contributed by atoms with Gasteiger partial charge in [-0.3, -0.25) is 4.79 Å². The molecular weight excluding hydrogens is 312 g/mol. The van der Waals surface area contributed by atoms with E-state index in [0.717, 1.165) is 19.3 Å². The second-order valence-electron chi connectivity index (χ2n) is 6.41. The highest BCUT2D eigenvalue weighted by Crippen LogP contribution is 2.24. The second kappa shape index (κ2) is 7.45. The van der Waals surface area contributed by atoms with Crippen molar-refractivity contribution in [2.75, 3.05) is 18.4 Å². The summed E-state index contributed by atoms with van der Waals surface area (Å²) < 4.78 is 26.8. The molecule has 1 amide bonds. The van der Waals surface area contributed by atoms with E-state index in [4.69, 9.17) is 0 Å². The van der Waals surface area contributed by atoms with Crippen molar-refractivity contribution in [2.24, 2.45) is 11.8 Å². The van der Waals surface area contributed by atoms with Gasteiger partial charge < -0.3 is 5.32 Å². The van der Waals surface area contributed by atoms with E-state index in [1.54, 1.807) is 28.6 Å². The molecule has 0 aromatic heterocycles. The van der Waals surface area contributed by atoms with Gasteiger partial charge >= 0.3 is 0 Å². The van der Waals surface area contributed by atoms with Crippen LogP contribution in [0, 0.1) is 11.8 Å². The predicted octanol–water partition coefficient (Wildman–Crippen LogP) is 3.09. The summed E-state index contributed by atoms with van der Waals surface area (Å²) >= 11 is 0. The van der Waals surface area contributed by atoms with Gasteiger partial charge in [-0.2, -0.15) is 4.31 Å². The van der Waals surface area contributed by atoms with E-state index in [0.29, 0.717) is 24.7 Å². The molecule has 1 aromatic carbocycles. The van der Waals surface area contributed by atoms with Crippen molar-refractivity contribution in [1.29, 1.82) is 0 Å². The van der Waals surface area contributed by atoms with E-state index >= 15 is 0 Å². The standard InChI is InChI=1S/C17H26N2O3S/c1-4-14(3)17(20)18-15-5-7-16(8-6-15)23(21,22)19-11-9-13(2)10-12-19/h5-8,13-14H,4,9-12H2,1-3H3,(H,18,20). The molecule has 1 N–H and O–H groups in total. The number of carbonyl (C=O) groups excluding carboxylic acids is 1. The fourth-order valence-corrected chi connectivity index (χ4v) is 4.01. The minimum Gasteiger partial charge on any atom is -0.326 e. The number of piperidine rings is 1. The third-order valence-corrected chi connectivity index (χ3v) is 6.48. The number of rotatable bonds is 5. The van der Waals surface area contributed by atoms with Crippen LogP contribution in [0.5, 0.6) is 0 Å². The van der Waals surface area contributed by atoms with E-state index in [9.17, 15) is 13.2 Å². The number of carbonyl (C=O) groups is 1. The van der Waals surface area contributed by atoms with Gasteiger partial charge in [-0.25, -0.2) is 8.42 Å². The summed E-state index contributed by atoms with van der Waals surface area (Å²) in [6, 6.07) is 6.44. The number of hydrogen-bond donors (Lipinski definition) is 1. The Hall–Kier alpha value is -1.40. The SMILES string of the molecule is CCC(C)C(=O)Nc1ccc(S(=O)(=O)N2CCC(C)CC2)cc1. The highest BCUT2D eigenvalue weighted by Gasteiger charge is 2.27. The molecule has 0 bridgehead atoms. The van der Waals surface area contributed by atoms with Gasteiger partial charge in [0.1, 0.15) is 0 Å². The van der Waals surface area contributed by atoms with E-state index in [2.05, 4.69) is 12.2 Å². The van der Waals surface area contributed by atoms with Crippen LogP contribution < -0.4 is 5.32 Å². The highest BCUT2D eigenvalue weighted by atomic mass is 32.2. The number of nitrogens with zero attached hydrogens (tertiary/aromatic N) is 1. The molecule has 1 unspecified atom stereocenters. The summed E-state index contributed by atoms with van der Waals surface area (Å²) in [5.74, 6) is 0.474. The minimum absolute atomic E-state index is 0.0480. The Kier molecular flexibility index (Phi) is 5.81. The summed E-state index contributed by atoms with van der Waals surface area (Å²) in [5.41, 5.74) is 0.626. The van der Waals surface area contributed by atoms with Gasteiger partial charge in [-0.15, -0.1) is 0 Å². The summed E-state index contributed by atoms with van der Waals surface area (Å²) in [4.78, 5) is 12.2. The topological polar surface area (TPSA) is 66.5 Å². The first-order valence-electron chi connectivity index (χ1n) is 8.25. The van der Waals surface area contributed by atoms with Crippen LogP contribution in [0.4, 0.5) is 5.69 Å². The summed E-state index contributed by atoms with van der Waals surface area (Å²) in [7, 11) is -3.43. The minimum atomic E-state index is -3.43. The van der Waals surface area contributed by atoms with Crippen LogP contribution in [0.1, 0.15) is 40.0 Å². The lowest BCUT2D eigenvalue weighted by molar-refractivity contribution is -0.119. The van der Waals surface area contributed by atoms with E-state index in [1.807, 2.05) is 13.8 Å². The Morgan fingerprint density at radius 1 is 1.26 bits per heavy atom. The lowest BCUT2D eigenvalue weighted by Gasteiger charge is -2.29. The average molecular weight is 338 g/mol. The molecule has 1 saturated heterocycles. The maximum absolute atomic E-state index is 12.6. The molecule has 1 aromatic rings. The van der Waals surface area contributed by atoms with Crippen LogP contribution in [0.3, 0.4) is 0 Å². The van der Waals surface area contributed by atoms with Crippen molar-refractivity contribution >= 4 is 21.6 Å². The van der Waals surface area contributed by atoms with Crippen molar-refractivity contribution in [3.63, 3.8) is 0 Å². The zero-order valence-corrected chi connectivity index (χ0v) is 14.9. The molecule has 0 aliphatic carbocycles. The molecule has 0 saturated carbocycles. The molecule has 1 atom stereocenters. The molecule has 1 aliphatic rings. The van der Waals surface area contributed by atoms with Crippen LogP contribution in [0.2, 0.25) is 0 Å². The second-order valence-corrected chi connectivity index (χ2v) is 8.35. The number of amides is 1. The van der Waals surface area contributed by atoms with Crippen molar-refractivity contribution in [2.45, 2.75) is 44.9 Å². The maximum atomic E-state index is 12.6. The molecule has 0 radical (unpaired) electrons. The quantitative estimate of drug-likeness (QED) is 0.897. The third-order valence-electron chi connectivity index (χ3n) is 4.56. The van der Waals surface area contributed by atoms with Crippen molar-refractivity contribution in [1.82, 2.24) is 4.31 Å². The normalized spacial score (nSPS) is 18.6. The summed E-state index contributed by atoms with van der Waals surface area (Å²) in [6.07, 6.45) is 2.58. The van der Waals surface area contributed by atoms with Crippen molar-refractivity contribution in [3.05, 3.63) is 24.3 Å². The molecule has 1 heterocycles. The number of nitrogens with one attached hydrogen (secondary N) is 1. The monoisotopic (exact) mass is 338 g/mol. The third kappa shape index (κ3) is 4.32. The smallest absolute Gasteiger partial charge is 0.243 e. The van der Waals surface area contributed by atoms with Crippen LogP contribution in [-0.4, -0.2) is 31.7 Å². The molecule has 6 heteroatoms. The molecule has 5 nitrogen and oxygen atoms in total. The van der Waals surface area contributed by atoms with Gasteiger partial charge in [-0.1, -0.05) is 20.8 Å². The van der Waals surface area contributed by atoms with Crippen LogP contribution in [-0.2, 0) is 14.8 Å². The summed E-state index contributed by atoms with van der Waals surface area (Å²) in [5, 5.41) is 2.81. The first-order valence-corrected chi connectivity index (χ1v) is 9.69. The largest absolute Gasteiger partial charge is 0.326 e. The Bertz CT molecular complexity index is 632. The number of hydrogen-bond acceptors (Lipinski definition) is 3. The number of benzene rings is 1. The van der Waals surface area contributed by atoms with Crippen LogP contribution in [0.25, 0.3) is 0 Å². The molecule has 2 rings (SSSR count). The number of sulfonamides is 1. The van der Waals surface area contributed by atoms with Gasteiger partial charge in [0, 0.05) is 24.7 Å². The van der Waals surface area contributed by atoms with E-state index in [-0.39, 0.29) is 16.7 Å². The lowest BCUT2D eigenvalue weighted by atomic mass is 10.0. The average Bonchev–Trinajstić information content (AvgIpc) is 2.55.